The highest BCUT2D eigenvalue weighted by Crippen LogP contribution is 2.30. The molecule has 7 nitrogen and oxygen atoms in total. The van der Waals surface area contributed by atoms with Crippen LogP contribution < -0.4 is 10.6 Å². The highest BCUT2D eigenvalue weighted by molar-refractivity contribution is 6.05. The Labute approximate surface area is 195 Å². The van der Waals surface area contributed by atoms with Crippen molar-refractivity contribution in [3.8, 4) is 5.82 Å². The van der Waals surface area contributed by atoms with Crippen molar-refractivity contribution in [3.05, 3.63) is 70.9 Å². The lowest BCUT2D eigenvalue weighted by Gasteiger charge is -2.22. The molecule has 0 radical (unpaired) electrons. The number of anilines is 1. The molecule has 1 atom stereocenters. The SMILES string of the molecule is CNC1CC=C(c2ncc(NC(=O)c3cnn(-c4ccc(C(F)(F)F)cn4)c3C)cc2C)CC1. The first-order chi connectivity index (χ1) is 16.2. The molecule has 1 aliphatic rings. The van der Waals surface area contributed by atoms with Gasteiger partial charge in [0.15, 0.2) is 5.82 Å². The summed E-state index contributed by atoms with van der Waals surface area (Å²) in [5.74, 6) is -0.203. The number of hydrogen-bond donors (Lipinski definition) is 2. The summed E-state index contributed by atoms with van der Waals surface area (Å²) >= 11 is 0. The quantitative estimate of drug-likeness (QED) is 0.565. The van der Waals surface area contributed by atoms with Gasteiger partial charge in [0.1, 0.15) is 0 Å². The van der Waals surface area contributed by atoms with Crippen LogP contribution in [0.3, 0.4) is 0 Å². The Kier molecular flexibility index (Phi) is 6.52. The number of halogens is 3. The minimum Gasteiger partial charge on any atom is -0.320 e. The molecule has 0 bridgehead atoms. The second-order valence-corrected chi connectivity index (χ2v) is 8.29. The molecule has 0 spiro atoms. The standard InChI is InChI=1S/C24H25F3N6O/c1-14-10-19(12-30-22(14)16-4-7-18(28-3)8-5-16)32-23(34)20-13-31-33(15(20)2)21-9-6-17(11-29-21)24(25,26)27/h4,6,9-13,18,28H,5,7-8H2,1-3H3,(H,32,34). The Morgan fingerprint density at radius 1 is 1.15 bits per heavy atom. The van der Waals surface area contributed by atoms with Crippen LogP contribution in [0.1, 0.15) is 52.1 Å². The van der Waals surface area contributed by atoms with Crippen LogP contribution in [0.25, 0.3) is 11.4 Å². The van der Waals surface area contributed by atoms with Crippen LogP contribution in [0.2, 0.25) is 0 Å². The largest absolute Gasteiger partial charge is 0.417 e. The zero-order valence-corrected chi connectivity index (χ0v) is 19.1. The first kappa shape index (κ1) is 23.6. The van der Waals surface area contributed by atoms with Crippen LogP contribution in [-0.4, -0.2) is 38.7 Å². The second kappa shape index (κ2) is 9.38. The van der Waals surface area contributed by atoms with Crippen LogP contribution >= 0.6 is 0 Å². The number of nitrogens with zero attached hydrogens (tertiary/aromatic N) is 4. The number of amides is 1. The zero-order valence-electron chi connectivity index (χ0n) is 19.1. The second-order valence-electron chi connectivity index (χ2n) is 8.29. The van der Waals surface area contributed by atoms with Gasteiger partial charge in [-0.25, -0.2) is 9.67 Å². The van der Waals surface area contributed by atoms with Gasteiger partial charge in [-0.1, -0.05) is 6.08 Å². The van der Waals surface area contributed by atoms with Crippen molar-refractivity contribution in [2.45, 2.75) is 45.3 Å². The summed E-state index contributed by atoms with van der Waals surface area (Å²) in [5, 5.41) is 10.3. The molecule has 34 heavy (non-hydrogen) atoms. The van der Waals surface area contributed by atoms with Crippen molar-refractivity contribution in [1.29, 1.82) is 0 Å². The number of rotatable bonds is 5. The summed E-state index contributed by atoms with van der Waals surface area (Å²) < 4.78 is 39.7. The molecule has 3 aromatic heterocycles. The maximum absolute atomic E-state index is 12.9. The molecule has 3 aromatic rings. The van der Waals surface area contributed by atoms with Gasteiger partial charge in [-0.15, -0.1) is 0 Å². The molecule has 1 amide bonds. The van der Waals surface area contributed by atoms with Gasteiger partial charge in [-0.3, -0.25) is 9.78 Å². The Balaban J connectivity index is 1.49. The van der Waals surface area contributed by atoms with Crippen molar-refractivity contribution in [2.24, 2.45) is 0 Å². The monoisotopic (exact) mass is 470 g/mol. The van der Waals surface area contributed by atoms with E-state index in [1.165, 1.54) is 22.5 Å². The van der Waals surface area contributed by atoms with Gasteiger partial charge in [0.2, 0.25) is 0 Å². The molecule has 178 valence electrons. The lowest BCUT2D eigenvalue weighted by Crippen LogP contribution is -2.26. The maximum atomic E-state index is 12.9. The molecule has 4 rings (SSSR count). The third kappa shape index (κ3) is 4.86. The molecule has 0 aromatic carbocycles. The van der Waals surface area contributed by atoms with Crippen molar-refractivity contribution in [2.75, 3.05) is 12.4 Å². The predicted octanol–water partition coefficient (Wildman–Crippen LogP) is 4.71. The fourth-order valence-electron chi connectivity index (χ4n) is 4.03. The molecule has 0 saturated heterocycles. The summed E-state index contributed by atoms with van der Waals surface area (Å²) in [5.41, 5.74) is 3.56. The van der Waals surface area contributed by atoms with Crippen LogP contribution in [0.4, 0.5) is 18.9 Å². The average molecular weight is 470 g/mol. The Morgan fingerprint density at radius 2 is 1.94 bits per heavy atom. The lowest BCUT2D eigenvalue weighted by atomic mass is 9.91. The average Bonchev–Trinajstić information content (AvgIpc) is 3.20. The number of aryl methyl sites for hydroxylation is 1. The van der Waals surface area contributed by atoms with E-state index in [-0.39, 0.29) is 11.4 Å². The number of allylic oxidation sites excluding steroid dienone is 1. The molecule has 0 fully saturated rings. The van der Waals surface area contributed by atoms with Gasteiger partial charge >= 0.3 is 6.18 Å². The fraction of sp³-hybridized carbons (Fsp3) is 0.333. The summed E-state index contributed by atoms with van der Waals surface area (Å²) in [7, 11) is 1.97. The Morgan fingerprint density at radius 3 is 2.53 bits per heavy atom. The third-order valence-electron chi connectivity index (χ3n) is 6.01. The van der Waals surface area contributed by atoms with E-state index in [1.807, 2.05) is 20.0 Å². The van der Waals surface area contributed by atoms with E-state index in [9.17, 15) is 18.0 Å². The van der Waals surface area contributed by atoms with E-state index in [0.29, 0.717) is 17.4 Å². The molecule has 0 saturated carbocycles. The molecule has 0 aliphatic heterocycles. The normalized spacial score (nSPS) is 16.3. The fourth-order valence-corrected chi connectivity index (χ4v) is 4.03. The van der Waals surface area contributed by atoms with Crippen LogP contribution in [0.15, 0.2) is 42.9 Å². The van der Waals surface area contributed by atoms with Crippen molar-refractivity contribution in [3.63, 3.8) is 0 Å². The van der Waals surface area contributed by atoms with Gasteiger partial charge in [0, 0.05) is 12.2 Å². The number of carbonyl (C=O) groups is 1. The molecule has 1 aliphatic carbocycles. The van der Waals surface area contributed by atoms with Crippen LogP contribution in [0, 0.1) is 13.8 Å². The smallest absolute Gasteiger partial charge is 0.320 e. The summed E-state index contributed by atoms with van der Waals surface area (Å²) in [4.78, 5) is 21.3. The Hall–Kier alpha value is -3.53. The Bertz CT molecular complexity index is 1230. The van der Waals surface area contributed by atoms with Gasteiger partial charge in [-0.2, -0.15) is 18.3 Å². The van der Waals surface area contributed by atoms with Crippen molar-refractivity contribution in [1.82, 2.24) is 25.1 Å². The number of pyridine rings is 2. The topological polar surface area (TPSA) is 84.7 Å². The summed E-state index contributed by atoms with van der Waals surface area (Å²) in [6, 6.07) is 4.52. The van der Waals surface area contributed by atoms with Crippen molar-refractivity contribution >= 4 is 17.2 Å². The molecule has 2 N–H and O–H groups in total. The van der Waals surface area contributed by atoms with Gasteiger partial charge in [0.05, 0.1) is 40.6 Å². The van der Waals surface area contributed by atoms with Gasteiger partial charge in [0.25, 0.3) is 5.91 Å². The molecule has 10 heteroatoms. The van der Waals surface area contributed by atoms with E-state index in [1.54, 1.807) is 13.1 Å². The zero-order chi connectivity index (χ0) is 24.5. The van der Waals surface area contributed by atoms with Crippen LogP contribution in [0.5, 0.6) is 0 Å². The van der Waals surface area contributed by atoms with Gasteiger partial charge in [-0.05, 0) is 69.5 Å². The minimum atomic E-state index is -4.47. The lowest BCUT2D eigenvalue weighted by molar-refractivity contribution is -0.137. The van der Waals surface area contributed by atoms with E-state index in [2.05, 4.69) is 31.8 Å². The number of nitrogens with one attached hydrogen (secondary N) is 2. The van der Waals surface area contributed by atoms with E-state index < -0.39 is 17.6 Å². The highest BCUT2D eigenvalue weighted by atomic mass is 19.4. The van der Waals surface area contributed by atoms with E-state index in [0.717, 1.165) is 42.8 Å². The van der Waals surface area contributed by atoms with Crippen molar-refractivity contribution < 1.29 is 18.0 Å². The summed E-state index contributed by atoms with van der Waals surface area (Å²) in [6.07, 6.45) is 4.44. The summed E-state index contributed by atoms with van der Waals surface area (Å²) in [6.45, 7) is 3.62. The van der Waals surface area contributed by atoms with E-state index >= 15 is 0 Å². The molecular formula is C24H25F3N6O. The predicted molar refractivity (Wildman–Crippen MR) is 123 cm³/mol. The van der Waals surface area contributed by atoms with Crippen LogP contribution in [-0.2, 0) is 6.18 Å². The highest BCUT2D eigenvalue weighted by Gasteiger charge is 2.31. The third-order valence-corrected chi connectivity index (χ3v) is 6.01. The first-order valence-corrected chi connectivity index (χ1v) is 10.9. The molecular weight excluding hydrogens is 445 g/mol. The minimum absolute atomic E-state index is 0.188. The number of aromatic nitrogens is 4. The number of alkyl halides is 3. The molecule has 1 unspecified atom stereocenters. The van der Waals surface area contributed by atoms with Gasteiger partial charge < -0.3 is 10.6 Å². The number of hydrogen-bond acceptors (Lipinski definition) is 5. The number of carbonyl (C=O) groups excluding carboxylic acids is 1. The maximum Gasteiger partial charge on any atom is 0.417 e. The first-order valence-electron chi connectivity index (χ1n) is 10.9. The van der Waals surface area contributed by atoms with E-state index in [4.69, 9.17) is 0 Å². The molecule has 3 heterocycles.